The Balaban J connectivity index is 1.58. The van der Waals surface area contributed by atoms with Crippen molar-refractivity contribution < 1.29 is 9.59 Å². The maximum absolute atomic E-state index is 12.7. The van der Waals surface area contributed by atoms with Gasteiger partial charge in [-0.2, -0.15) is 0 Å². The lowest BCUT2D eigenvalue weighted by molar-refractivity contribution is -0.145. The number of hydrogen-bond donors (Lipinski definition) is 1. The smallest absolute Gasteiger partial charge is 0.238 e. The zero-order valence-electron chi connectivity index (χ0n) is 13.0. The van der Waals surface area contributed by atoms with Gasteiger partial charge in [0.2, 0.25) is 11.8 Å². The minimum atomic E-state index is -0.691. The molecule has 4 heteroatoms. The lowest BCUT2D eigenvalue weighted by atomic mass is 10.00. The summed E-state index contributed by atoms with van der Waals surface area (Å²) in [5, 5.41) is 3.20. The molecule has 3 fully saturated rings. The average molecular weight is 292 g/mol. The molecule has 2 aliphatic carbocycles. The molecular formula is C17H28N2O2. The molecule has 3 rings (SSSR count). The Labute approximate surface area is 127 Å². The van der Waals surface area contributed by atoms with Crippen molar-refractivity contribution in [3.63, 3.8) is 0 Å². The normalized spacial score (nSPS) is 26.0. The number of amides is 2. The van der Waals surface area contributed by atoms with E-state index in [1.165, 1.54) is 32.1 Å². The van der Waals surface area contributed by atoms with Crippen molar-refractivity contribution >= 4 is 11.8 Å². The first-order valence-corrected chi connectivity index (χ1v) is 8.83. The van der Waals surface area contributed by atoms with Crippen LogP contribution in [0.5, 0.6) is 0 Å². The van der Waals surface area contributed by atoms with E-state index >= 15 is 0 Å². The summed E-state index contributed by atoms with van der Waals surface area (Å²) in [6.07, 6.45) is 12.0. The second-order valence-electron chi connectivity index (χ2n) is 7.10. The van der Waals surface area contributed by atoms with Crippen LogP contribution in [0.4, 0.5) is 0 Å². The van der Waals surface area contributed by atoms with Crippen molar-refractivity contribution in [1.29, 1.82) is 0 Å². The van der Waals surface area contributed by atoms with Gasteiger partial charge in [-0.3, -0.25) is 9.59 Å². The molecular weight excluding hydrogens is 264 g/mol. The van der Waals surface area contributed by atoms with Crippen LogP contribution in [0.15, 0.2) is 0 Å². The number of carbonyl (C=O) groups excluding carboxylic acids is 2. The van der Waals surface area contributed by atoms with Gasteiger partial charge in [0.05, 0.1) is 0 Å². The Kier molecular flexibility index (Phi) is 4.51. The molecule has 2 saturated carbocycles. The third-order valence-electron chi connectivity index (χ3n) is 5.43. The highest BCUT2D eigenvalue weighted by Crippen LogP contribution is 2.48. The summed E-state index contributed by atoms with van der Waals surface area (Å²) in [4.78, 5) is 27.3. The highest BCUT2D eigenvalue weighted by atomic mass is 16.2. The van der Waals surface area contributed by atoms with Crippen molar-refractivity contribution in [2.24, 2.45) is 5.41 Å². The third kappa shape index (κ3) is 3.24. The fourth-order valence-corrected chi connectivity index (χ4v) is 3.81. The molecule has 0 aromatic rings. The maximum atomic E-state index is 12.7. The third-order valence-corrected chi connectivity index (χ3v) is 5.43. The predicted molar refractivity (Wildman–Crippen MR) is 81.7 cm³/mol. The van der Waals surface area contributed by atoms with E-state index in [-0.39, 0.29) is 11.8 Å². The van der Waals surface area contributed by atoms with Crippen molar-refractivity contribution in [3.05, 3.63) is 0 Å². The van der Waals surface area contributed by atoms with Gasteiger partial charge in [0.1, 0.15) is 5.41 Å². The summed E-state index contributed by atoms with van der Waals surface area (Å²) in [6, 6.07) is 0.298. The summed E-state index contributed by atoms with van der Waals surface area (Å²) in [6.45, 7) is 1.69. The van der Waals surface area contributed by atoms with Gasteiger partial charge in [0.15, 0.2) is 0 Å². The van der Waals surface area contributed by atoms with Crippen LogP contribution in [0.3, 0.4) is 0 Å². The monoisotopic (exact) mass is 292 g/mol. The van der Waals surface area contributed by atoms with Crippen molar-refractivity contribution in [2.75, 3.05) is 13.1 Å². The summed E-state index contributed by atoms with van der Waals surface area (Å²) in [7, 11) is 0. The molecule has 3 aliphatic rings. The fourth-order valence-electron chi connectivity index (χ4n) is 3.81. The molecule has 0 bridgehead atoms. The molecule has 2 amide bonds. The van der Waals surface area contributed by atoms with Gasteiger partial charge < -0.3 is 10.2 Å². The standard InChI is InChI=1S/C17H28N2O2/c20-15(18-14-8-4-1-2-5-9-14)17(10-11-17)16(21)19-12-6-3-7-13-19/h14H,1-13H2,(H,18,20). The van der Waals surface area contributed by atoms with E-state index in [4.69, 9.17) is 0 Å². The van der Waals surface area contributed by atoms with E-state index in [0.29, 0.717) is 6.04 Å². The zero-order valence-corrected chi connectivity index (χ0v) is 13.0. The quantitative estimate of drug-likeness (QED) is 0.642. The molecule has 0 aromatic heterocycles. The highest BCUT2D eigenvalue weighted by Gasteiger charge is 2.58. The zero-order chi connectivity index (χ0) is 14.7. The Morgan fingerprint density at radius 3 is 2.00 bits per heavy atom. The predicted octanol–water partition coefficient (Wildman–Crippen LogP) is 2.62. The molecule has 0 unspecified atom stereocenters. The highest BCUT2D eigenvalue weighted by molar-refractivity contribution is 6.08. The van der Waals surface area contributed by atoms with Crippen molar-refractivity contribution in [1.82, 2.24) is 10.2 Å². The lowest BCUT2D eigenvalue weighted by Crippen LogP contribution is -2.49. The van der Waals surface area contributed by atoms with Gasteiger partial charge in [-0.05, 0) is 44.9 Å². The molecule has 0 atom stereocenters. The number of carbonyl (C=O) groups is 2. The minimum absolute atomic E-state index is 0.0185. The van der Waals surface area contributed by atoms with Crippen molar-refractivity contribution in [2.45, 2.75) is 76.7 Å². The van der Waals surface area contributed by atoms with E-state index in [9.17, 15) is 9.59 Å². The molecule has 1 saturated heterocycles. The first kappa shape index (κ1) is 14.9. The first-order chi connectivity index (χ1) is 10.2. The molecule has 1 aliphatic heterocycles. The average Bonchev–Trinajstić information content (AvgIpc) is 3.33. The molecule has 1 N–H and O–H groups in total. The topological polar surface area (TPSA) is 49.4 Å². The van der Waals surface area contributed by atoms with Gasteiger partial charge in [-0.25, -0.2) is 0 Å². The van der Waals surface area contributed by atoms with Gasteiger partial charge in [0, 0.05) is 19.1 Å². The van der Waals surface area contributed by atoms with E-state index in [2.05, 4.69) is 5.32 Å². The SMILES string of the molecule is O=C(NC1CCCCCC1)C1(C(=O)N2CCCCC2)CC1. The van der Waals surface area contributed by atoms with Crippen LogP contribution in [-0.2, 0) is 9.59 Å². The van der Waals surface area contributed by atoms with Gasteiger partial charge in [0.25, 0.3) is 0 Å². The number of nitrogens with zero attached hydrogens (tertiary/aromatic N) is 1. The van der Waals surface area contributed by atoms with E-state index in [1.807, 2.05) is 4.90 Å². The second kappa shape index (κ2) is 6.37. The number of hydrogen-bond acceptors (Lipinski definition) is 2. The molecule has 0 aromatic carbocycles. The van der Waals surface area contributed by atoms with E-state index < -0.39 is 5.41 Å². The Morgan fingerprint density at radius 1 is 0.857 bits per heavy atom. The largest absolute Gasteiger partial charge is 0.352 e. The van der Waals surface area contributed by atoms with Gasteiger partial charge >= 0.3 is 0 Å². The Morgan fingerprint density at radius 2 is 1.43 bits per heavy atom. The van der Waals surface area contributed by atoms with Crippen LogP contribution in [-0.4, -0.2) is 35.8 Å². The van der Waals surface area contributed by atoms with Crippen LogP contribution in [0.25, 0.3) is 0 Å². The summed E-state index contributed by atoms with van der Waals surface area (Å²) < 4.78 is 0. The van der Waals surface area contributed by atoms with Crippen molar-refractivity contribution in [3.8, 4) is 0 Å². The summed E-state index contributed by atoms with van der Waals surface area (Å²) in [5.41, 5.74) is -0.691. The number of likely N-dealkylation sites (tertiary alicyclic amines) is 1. The van der Waals surface area contributed by atoms with Crippen LogP contribution in [0.2, 0.25) is 0 Å². The summed E-state index contributed by atoms with van der Waals surface area (Å²) >= 11 is 0. The summed E-state index contributed by atoms with van der Waals surface area (Å²) in [5.74, 6) is 0.123. The molecule has 0 radical (unpaired) electrons. The molecule has 118 valence electrons. The van der Waals surface area contributed by atoms with Crippen LogP contribution in [0.1, 0.15) is 70.6 Å². The van der Waals surface area contributed by atoms with Crippen LogP contribution >= 0.6 is 0 Å². The number of piperidine rings is 1. The molecule has 4 nitrogen and oxygen atoms in total. The minimum Gasteiger partial charge on any atom is -0.352 e. The van der Waals surface area contributed by atoms with Crippen LogP contribution < -0.4 is 5.32 Å². The maximum Gasteiger partial charge on any atom is 0.238 e. The molecule has 0 spiro atoms. The van der Waals surface area contributed by atoms with Gasteiger partial charge in [-0.15, -0.1) is 0 Å². The number of nitrogens with one attached hydrogen (secondary N) is 1. The van der Waals surface area contributed by atoms with E-state index in [0.717, 1.165) is 51.6 Å². The van der Waals surface area contributed by atoms with Gasteiger partial charge in [-0.1, -0.05) is 25.7 Å². The van der Waals surface area contributed by atoms with Crippen LogP contribution in [0, 0.1) is 5.41 Å². The Bertz CT molecular complexity index is 390. The fraction of sp³-hybridized carbons (Fsp3) is 0.882. The van der Waals surface area contributed by atoms with E-state index in [1.54, 1.807) is 0 Å². The molecule has 1 heterocycles. The molecule has 21 heavy (non-hydrogen) atoms. The Hall–Kier alpha value is -1.06. The lowest BCUT2D eigenvalue weighted by Gasteiger charge is -2.30. The number of rotatable bonds is 3. The first-order valence-electron chi connectivity index (χ1n) is 8.83. The second-order valence-corrected chi connectivity index (χ2v) is 7.10.